The second-order valence-electron chi connectivity index (χ2n) is 9.62. The van der Waals surface area contributed by atoms with Gasteiger partial charge in [0.2, 0.25) is 0 Å². The van der Waals surface area contributed by atoms with Gasteiger partial charge in [-0.3, -0.25) is 19.7 Å². The average molecular weight is 524 g/mol. The van der Waals surface area contributed by atoms with E-state index in [0.29, 0.717) is 11.3 Å². The number of furan rings is 1. The number of nitro groups is 1. The van der Waals surface area contributed by atoms with Gasteiger partial charge >= 0.3 is 0 Å². The maximum atomic E-state index is 13.6. The molecule has 1 aromatic heterocycles. The normalized spacial score (nSPS) is 23.0. The molecular formula is C29H18ClN3O5. The first kappa shape index (κ1) is 22.6. The fraction of sp³-hybridized carbons (Fsp3) is 0.138. The summed E-state index contributed by atoms with van der Waals surface area (Å²) in [4.78, 5) is 37.9. The van der Waals surface area contributed by atoms with Gasteiger partial charge in [-0.25, -0.2) is 0 Å². The maximum Gasteiger partial charge on any atom is 0.270 e. The largest absolute Gasteiger partial charge is 0.455 e. The van der Waals surface area contributed by atoms with Crippen LogP contribution in [0.25, 0.3) is 11.3 Å². The van der Waals surface area contributed by atoms with E-state index in [1.807, 2.05) is 48.5 Å². The third-order valence-corrected chi connectivity index (χ3v) is 8.11. The van der Waals surface area contributed by atoms with Crippen LogP contribution in [-0.4, -0.2) is 28.0 Å². The summed E-state index contributed by atoms with van der Waals surface area (Å²) in [5, 5.41) is 16.7. The summed E-state index contributed by atoms with van der Waals surface area (Å²) < 4.78 is 5.78. The van der Waals surface area contributed by atoms with Crippen LogP contribution < -0.4 is 0 Å². The molecule has 3 aliphatic carbocycles. The lowest BCUT2D eigenvalue weighted by Crippen LogP contribution is -2.41. The van der Waals surface area contributed by atoms with E-state index in [2.05, 4.69) is 5.10 Å². The van der Waals surface area contributed by atoms with Crippen molar-refractivity contribution < 1.29 is 18.9 Å². The molecular weight excluding hydrogens is 506 g/mol. The molecule has 2 amide bonds. The first-order valence-corrected chi connectivity index (χ1v) is 12.5. The molecule has 4 aromatic rings. The molecule has 1 aliphatic heterocycles. The summed E-state index contributed by atoms with van der Waals surface area (Å²) in [5.41, 5.74) is 4.60. The fourth-order valence-electron chi connectivity index (χ4n) is 6.27. The number of rotatable bonds is 4. The minimum absolute atomic E-state index is 0.122. The maximum absolute atomic E-state index is 13.6. The van der Waals surface area contributed by atoms with Gasteiger partial charge in [-0.15, -0.1) is 0 Å². The third-order valence-electron chi connectivity index (χ3n) is 7.78. The number of hydrazone groups is 1. The van der Waals surface area contributed by atoms with Gasteiger partial charge in [0.1, 0.15) is 11.5 Å². The number of carbonyl (C=O) groups is 2. The molecule has 1 saturated heterocycles. The van der Waals surface area contributed by atoms with E-state index < -0.39 is 16.8 Å². The van der Waals surface area contributed by atoms with E-state index in [1.165, 1.54) is 24.4 Å². The standard InChI is InChI=1S/C29H18ClN3O5/c30-22-11-9-15(33(36)37)13-21(22)23-12-10-16(38-23)14-31-32-28(34)26-24-17-5-1-2-6-18(17)25(27(26)29(32)35)20-8-4-3-7-19(20)24/h1-14,24-27H/b31-14-/t24?,25?,26-,27-/m0/s1. The lowest BCUT2D eigenvalue weighted by atomic mass is 9.55. The average Bonchev–Trinajstić information content (AvgIpc) is 3.50. The lowest BCUT2D eigenvalue weighted by molar-refractivity contribution is -0.384. The summed E-state index contributed by atoms with van der Waals surface area (Å²) in [5.74, 6) is -1.55. The topological polar surface area (TPSA) is 106 Å². The van der Waals surface area contributed by atoms with Crippen molar-refractivity contribution >= 4 is 35.3 Å². The second kappa shape index (κ2) is 8.22. The van der Waals surface area contributed by atoms with Crippen molar-refractivity contribution in [1.29, 1.82) is 0 Å². The van der Waals surface area contributed by atoms with Crippen molar-refractivity contribution in [2.75, 3.05) is 0 Å². The molecule has 8 nitrogen and oxygen atoms in total. The van der Waals surface area contributed by atoms with Gasteiger partial charge in [0.15, 0.2) is 0 Å². The highest BCUT2D eigenvalue weighted by Crippen LogP contribution is 2.60. The van der Waals surface area contributed by atoms with Crippen molar-refractivity contribution in [3.05, 3.63) is 122 Å². The van der Waals surface area contributed by atoms with Gasteiger partial charge in [-0.2, -0.15) is 10.1 Å². The predicted octanol–water partition coefficient (Wildman–Crippen LogP) is 5.73. The molecule has 4 aliphatic rings. The van der Waals surface area contributed by atoms with Crippen LogP contribution in [0.15, 0.2) is 88.4 Å². The molecule has 0 saturated carbocycles. The molecule has 2 heterocycles. The van der Waals surface area contributed by atoms with Crippen molar-refractivity contribution in [3.63, 3.8) is 0 Å². The Bertz CT molecular complexity index is 1590. The van der Waals surface area contributed by atoms with Crippen LogP contribution in [0.3, 0.4) is 0 Å². The molecule has 3 aromatic carbocycles. The first-order chi connectivity index (χ1) is 18.4. The van der Waals surface area contributed by atoms with E-state index >= 15 is 0 Å². The summed E-state index contributed by atoms with van der Waals surface area (Å²) in [7, 11) is 0. The number of carbonyl (C=O) groups excluding carboxylic acids is 2. The molecule has 0 N–H and O–H groups in total. The van der Waals surface area contributed by atoms with Crippen LogP contribution in [0, 0.1) is 22.0 Å². The number of hydrogen-bond acceptors (Lipinski definition) is 6. The number of nitro benzene ring substituents is 1. The van der Waals surface area contributed by atoms with Gasteiger partial charge in [0.05, 0.1) is 28.0 Å². The second-order valence-corrected chi connectivity index (χ2v) is 10.0. The molecule has 0 spiro atoms. The Labute approximate surface area is 221 Å². The zero-order chi connectivity index (χ0) is 26.1. The summed E-state index contributed by atoms with van der Waals surface area (Å²) in [6, 6.07) is 23.3. The fourth-order valence-corrected chi connectivity index (χ4v) is 6.48. The molecule has 2 atom stereocenters. The first-order valence-electron chi connectivity index (χ1n) is 12.1. The Hall–Kier alpha value is -4.56. The van der Waals surface area contributed by atoms with Crippen LogP contribution in [0.4, 0.5) is 5.69 Å². The lowest BCUT2D eigenvalue weighted by Gasteiger charge is -2.45. The van der Waals surface area contributed by atoms with Gasteiger partial charge in [-0.05, 0) is 40.5 Å². The molecule has 0 radical (unpaired) electrons. The SMILES string of the molecule is O=C1[C@H]2C3c4ccccc4C(c4ccccc43)[C@@H]2C(=O)N1/N=C\c1ccc(-c2cc([N+](=O)[O-])ccc2Cl)o1. The molecule has 8 rings (SSSR count). The van der Waals surface area contributed by atoms with E-state index in [4.69, 9.17) is 16.0 Å². The Morgan fingerprint density at radius 2 is 1.39 bits per heavy atom. The van der Waals surface area contributed by atoms with Gasteiger partial charge in [0, 0.05) is 29.5 Å². The van der Waals surface area contributed by atoms with Crippen LogP contribution in [0.2, 0.25) is 5.02 Å². The highest BCUT2D eigenvalue weighted by Gasteiger charge is 2.61. The quantitative estimate of drug-likeness (QED) is 0.147. The van der Waals surface area contributed by atoms with Crippen LogP contribution >= 0.6 is 11.6 Å². The smallest absolute Gasteiger partial charge is 0.270 e. The minimum Gasteiger partial charge on any atom is -0.455 e. The van der Waals surface area contributed by atoms with Gasteiger partial charge < -0.3 is 4.42 Å². The van der Waals surface area contributed by atoms with Crippen LogP contribution in [0.5, 0.6) is 0 Å². The van der Waals surface area contributed by atoms with Crippen LogP contribution in [0.1, 0.15) is 39.8 Å². The van der Waals surface area contributed by atoms with E-state index in [0.717, 1.165) is 27.3 Å². The minimum atomic E-state index is -0.523. The van der Waals surface area contributed by atoms with E-state index in [-0.39, 0.29) is 40.1 Å². The number of benzene rings is 3. The number of halogens is 1. The van der Waals surface area contributed by atoms with Crippen molar-refractivity contribution in [1.82, 2.24) is 5.01 Å². The zero-order valence-corrected chi connectivity index (χ0v) is 20.4. The monoisotopic (exact) mass is 523 g/mol. The highest BCUT2D eigenvalue weighted by atomic mass is 35.5. The Balaban J connectivity index is 1.22. The third kappa shape index (κ3) is 3.13. The van der Waals surface area contributed by atoms with Gasteiger partial charge in [0.25, 0.3) is 17.5 Å². The molecule has 2 bridgehead atoms. The number of imide groups is 1. The summed E-state index contributed by atoms with van der Waals surface area (Å²) in [6.07, 6.45) is 1.31. The van der Waals surface area contributed by atoms with Crippen molar-refractivity contribution in [3.8, 4) is 11.3 Å². The molecule has 186 valence electrons. The molecule has 9 heteroatoms. The number of nitrogens with zero attached hydrogens (tertiary/aromatic N) is 3. The van der Waals surface area contributed by atoms with E-state index in [1.54, 1.807) is 12.1 Å². The number of amides is 2. The number of non-ortho nitro benzene ring substituents is 1. The van der Waals surface area contributed by atoms with Crippen LogP contribution in [-0.2, 0) is 9.59 Å². The summed E-state index contributed by atoms with van der Waals surface area (Å²) >= 11 is 6.23. The Morgan fingerprint density at radius 1 is 0.842 bits per heavy atom. The Kier molecular flexibility index (Phi) is 4.90. The van der Waals surface area contributed by atoms with Crippen molar-refractivity contribution in [2.24, 2.45) is 16.9 Å². The highest BCUT2D eigenvalue weighted by molar-refractivity contribution is 6.33. The molecule has 0 unspecified atom stereocenters. The Morgan fingerprint density at radius 3 is 1.92 bits per heavy atom. The van der Waals surface area contributed by atoms with Crippen molar-refractivity contribution in [2.45, 2.75) is 11.8 Å². The molecule has 1 fully saturated rings. The van der Waals surface area contributed by atoms with Gasteiger partial charge in [-0.1, -0.05) is 60.1 Å². The van der Waals surface area contributed by atoms with E-state index in [9.17, 15) is 19.7 Å². The summed E-state index contributed by atoms with van der Waals surface area (Å²) in [6.45, 7) is 0. The number of hydrogen-bond donors (Lipinski definition) is 0. The zero-order valence-electron chi connectivity index (χ0n) is 19.7. The predicted molar refractivity (Wildman–Crippen MR) is 139 cm³/mol. The molecule has 38 heavy (non-hydrogen) atoms.